The average molecular weight is 522 g/mol. The summed E-state index contributed by atoms with van der Waals surface area (Å²) in [5.41, 5.74) is 7.54. The highest BCUT2D eigenvalue weighted by atomic mass is 16.3. The standard InChI is InChI=1S/C39H23NO/c1-2-13-26-24(10-1)11-7-18-27(26)35-28-14-3-5-16-30(28)36(31-17-6-4-15-29(31)35)32-19-8-20-33-37-34(41-39(32)33)22-21-25-12-9-23-40-38(25)37/h1-23H. The molecule has 0 aliphatic heterocycles. The highest BCUT2D eigenvalue weighted by Crippen LogP contribution is 2.47. The Labute approximate surface area is 236 Å². The normalized spacial score (nSPS) is 11.9. The second kappa shape index (κ2) is 8.51. The Balaban J connectivity index is 1.45. The van der Waals surface area contributed by atoms with Crippen LogP contribution in [0.1, 0.15) is 0 Å². The van der Waals surface area contributed by atoms with Crippen LogP contribution in [0.25, 0.3) is 87.4 Å². The molecule has 9 rings (SSSR count). The van der Waals surface area contributed by atoms with E-state index in [2.05, 4.69) is 127 Å². The van der Waals surface area contributed by atoms with Crippen molar-refractivity contribution in [2.45, 2.75) is 0 Å². The Morgan fingerprint density at radius 1 is 0.415 bits per heavy atom. The van der Waals surface area contributed by atoms with Crippen LogP contribution in [-0.2, 0) is 0 Å². The highest BCUT2D eigenvalue weighted by molar-refractivity contribution is 6.27. The van der Waals surface area contributed by atoms with Crippen LogP contribution in [0.3, 0.4) is 0 Å². The first kappa shape index (κ1) is 22.4. The topological polar surface area (TPSA) is 26.0 Å². The number of furan rings is 1. The fourth-order valence-corrected chi connectivity index (χ4v) is 6.77. The Morgan fingerprint density at radius 3 is 1.73 bits per heavy atom. The molecule has 2 heteroatoms. The van der Waals surface area contributed by atoms with Crippen LogP contribution in [0.5, 0.6) is 0 Å². The maximum Gasteiger partial charge on any atom is 0.143 e. The smallest absolute Gasteiger partial charge is 0.143 e. The first-order valence-corrected chi connectivity index (χ1v) is 14.0. The second-order valence-corrected chi connectivity index (χ2v) is 10.7. The lowest BCUT2D eigenvalue weighted by atomic mass is 9.84. The molecular formula is C39H23NO. The highest BCUT2D eigenvalue weighted by Gasteiger charge is 2.21. The van der Waals surface area contributed by atoms with Crippen LogP contribution >= 0.6 is 0 Å². The number of hydrogen-bond donors (Lipinski definition) is 0. The molecule has 0 N–H and O–H groups in total. The summed E-state index contributed by atoms with van der Waals surface area (Å²) in [6.45, 7) is 0. The van der Waals surface area contributed by atoms with Gasteiger partial charge in [0.05, 0.1) is 10.9 Å². The van der Waals surface area contributed by atoms with E-state index in [0.717, 1.165) is 38.4 Å². The summed E-state index contributed by atoms with van der Waals surface area (Å²) in [5.74, 6) is 0. The van der Waals surface area contributed by atoms with Gasteiger partial charge in [-0.05, 0) is 61.6 Å². The predicted molar refractivity (Wildman–Crippen MR) is 172 cm³/mol. The van der Waals surface area contributed by atoms with Gasteiger partial charge in [0.25, 0.3) is 0 Å². The van der Waals surface area contributed by atoms with Gasteiger partial charge in [-0.1, -0.05) is 115 Å². The van der Waals surface area contributed by atoms with Crippen molar-refractivity contribution in [3.05, 3.63) is 140 Å². The molecule has 0 spiro atoms. The van der Waals surface area contributed by atoms with Gasteiger partial charge in [0.15, 0.2) is 0 Å². The van der Waals surface area contributed by atoms with Gasteiger partial charge in [0.2, 0.25) is 0 Å². The molecule has 41 heavy (non-hydrogen) atoms. The van der Waals surface area contributed by atoms with E-state index >= 15 is 0 Å². The predicted octanol–water partition coefficient (Wildman–Crippen LogP) is 10.9. The number of para-hydroxylation sites is 1. The number of rotatable bonds is 2. The Morgan fingerprint density at radius 2 is 0.976 bits per heavy atom. The quantitative estimate of drug-likeness (QED) is 0.211. The molecule has 0 radical (unpaired) electrons. The van der Waals surface area contributed by atoms with Crippen LogP contribution in [0.4, 0.5) is 0 Å². The number of aromatic nitrogens is 1. The lowest BCUT2D eigenvalue weighted by Crippen LogP contribution is -1.91. The molecule has 0 amide bonds. The van der Waals surface area contributed by atoms with Gasteiger partial charge in [-0.25, -0.2) is 0 Å². The van der Waals surface area contributed by atoms with Gasteiger partial charge in [-0.3, -0.25) is 4.98 Å². The summed E-state index contributed by atoms with van der Waals surface area (Å²) in [5, 5.41) is 10.7. The molecule has 0 atom stereocenters. The van der Waals surface area contributed by atoms with E-state index < -0.39 is 0 Å². The molecule has 0 unspecified atom stereocenters. The maximum atomic E-state index is 6.68. The van der Waals surface area contributed by atoms with Crippen LogP contribution in [0.2, 0.25) is 0 Å². The largest absolute Gasteiger partial charge is 0.455 e. The molecule has 0 aliphatic rings. The summed E-state index contributed by atoms with van der Waals surface area (Å²) in [6.07, 6.45) is 1.86. The van der Waals surface area contributed by atoms with E-state index in [1.165, 1.54) is 49.0 Å². The molecular weight excluding hydrogens is 498 g/mol. The van der Waals surface area contributed by atoms with E-state index in [4.69, 9.17) is 9.40 Å². The molecule has 0 saturated carbocycles. The first-order valence-electron chi connectivity index (χ1n) is 14.0. The number of nitrogens with zero attached hydrogens (tertiary/aromatic N) is 1. The number of pyridine rings is 1. The molecule has 2 heterocycles. The SMILES string of the molecule is c1ccc2c(-c3c4ccccc4c(-c4cccc5c4oc4ccc6cccnc6c45)c4ccccc34)cccc2c1. The summed E-state index contributed by atoms with van der Waals surface area (Å²) >= 11 is 0. The van der Waals surface area contributed by atoms with Crippen molar-refractivity contribution in [3.63, 3.8) is 0 Å². The Hall–Kier alpha value is -5.47. The molecule has 0 saturated heterocycles. The minimum absolute atomic E-state index is 0.861. The van der Waals surface area contributed by atoms with Crippen molar-refractivity contribution in [1.29, 1.82) is 0 Å². The second-order valence-electron chi connectivity index (χ2n) is 10.7. The van der Waals surface area contributed by atoms with E-state index in [-0.39, 0.29) is 0 Å². The minimum atomic E-state index is 0.861. The van der Waals surface area contributed by atoms with Crippen LogP contribution in [0, 0.1) is 0 Å². The van der Waals surface area contributed by atoms with Crippen molar-refractivity contribution in [2.24, 2.45) is 0 Å². The van der Waals surface area contributed by atoms with Gasteiger partial charge >= 0.3 is 0 Å². The van der Waals surface area contributed by atoms with Gasteiger partial charge in [0, 0.05) is 28.1 Å². The third kappa shape index (κ3) is 3.16. The fraction of sp³-hybridized carbons (Fsp3) is 0. The maximum absolute atomic E-state index is 6.68. The molecule has 0 aliphatic carbocycles. The van der Waals surface area contributed by atoms with E-state index in [0.29, 0.717) is 0 Å². The van der Waals surface area contributed by atoms with Gasteiger partial charge in [0.1, 0.15) is 11.2 Å². The van der Waals surface area contributed by atoms with Crippen LogP contribution in [0.15, 0.2) is 144 Å². The third-order valence-corrected chi connectivity index (χ3v) is 8.49. The number of hydrogen-bond acceptors (Lipinski definition) is 2. The number of benzene rings is 7. The summed E-state index contributed by atoms with van der Waals surface area (Å²) < 4.78 is 6.68. The lowest BCUT2D eigenvalue weighted by Gasteiger charge is -2.18. The van der Waals surface area contributed by atoms with Crippen molar-refractivity contribution < 1.29 is 4.42 Å². The zero-order valence-electron chi connectivity index (χ0n) is 22.1. The van der Waals surface area contributed by atoms with Crippen LogP contribution in [-0.4, -0.2) is 4.98 Å². The first-order chi connectivity index (χ1) is 20.4. The van der Waals surface area contributed by atoms with Crippen molar-refractivity contribution in [1.82, 2.24) is 4.98 Å². The molecule has 0 bridgehead atoms. The molecule has 9 aromatic rings. The molecule has 190 valence electrons. The molecule has 0 fully saturated rings. The number of fused-ring (bicyclic) bond motifs is 8. The van der Waals surface area contributed by atoms with E-state index in [1.54, 1.807) is 0 Å². The van der Waals surface area contributed by atoms with Gasteiger partial charge in [-0.15, -0.1) is 0 Å². The van der Waals surface area contributed by atoms with Crippen LogP contribution < -0.4 is 0 Å². The molecule has 2 nitrogen and oxygen atoms in total. The monoisotopic (exact) mass is 521 g/mol. The zero-order chi connectivity index (χ0) is 26.9. The average Bonchev–Trinajstić information content (AvgIpc) is 3.43. The molecule has 7 aromatic carbocycles. The third-order valence-electron chi connectivity index (χ3n) is 8.49. The summed E-state index contributed by atoms with van der Waals surface area (Å²) in [7, 11) is 0. The zero-order valence-corrected chi connectivity index (χ0v) is 22.1. The van der Waals surface area contributed by atoms with Gasteiger partial charge < -0.3 is 4.42 Å². The molecule has 2 aromatic heterocycles. The van der Waals surface area contributed by atoms with E-state index in [9.17, 15) is 0 Å². The Bertz CT molecular complexity index is 2420. The van der Waals surface area contributed by atoms with Crippen molar-refractivity contribution in [2.75, 3.05) is 0 Å². The Kier molecular flexibility index (Phi) is 4.64. The summed E-state index contributed by atoms with van der Waals surface area (Å²) in [6, 6.07) is 47.7. The summed E-state index contributed by atoms with van der Waals surface area (Å²) in [4.78, 5) is 4.74. The van der Waals surface area contributed by atoms with Crippen molar-refractivity contribution in [3.8, 4) is 22.3 Å². The van der Waals surface area contributed by atoms with E-state index in [1.807, 2.05) is 12.3 Å². The fourth-order valence-electron chi connectivity index (χ4n) is 6.77. The van der Waals surface area contributed by atoms with Crippen molar-refractivity contribution >= 4 is 65.2 Å². The lowest BCUT2D eigenvalue weighted by molar-refractivity contribution is 0.670. The minimum Gasteiger partial charge on any atom is -0.455 e. The van der Waals surface area contributed by atoms with Gasteiger partial charge in [-0.2, -0.15) is 0 Å².